The van der Waals surface area contributed by atoms with Crippen LogP contribution in [0.2, 0.25) is 0 Å². The Hall–Kier alpha value is -2.30. The number of rotatable bonds is 5. The standard InChI is InChI=1S/C15H18FN3O/c1-2-7-19-10-12(17)8-14(19)15(20)18-9-11-5-3-4-6-13(11)16/h3-6,8,10H,2,7,9,17H2,1H3,(H,18,20). The van der Waals surface area contributed by atoms with E-state index in [9.17, 15) is 9.18 Å². The molecule has 4 nitrogen and oxygen atoms in total. The lowest BCUT2D eigenvalue weighted by Crippen LogP contribution is -2.25. The van der Waals surface area contributed by atoms with Gasteiger partial charge in [0, 0.05) is 24.8 Å². The number of amides is 1. The molecular weight excluding hydrogens is 257 g/mol. The molecule has 20 heavy (non-hydrogen) atoms. The van der Waals surface area contributed by atoms with Gasteiger partial charge in [-0.3, -0.25) is 4.79 Å². The molecule has 1 aromatic heterocycles. The summed E-state index contributed by atoms with van der Waals surface area (Å²) >= 11 is 0. The van der Waals surface area contributed by atoms with Crippen molar-refractivity contribution in [3.05, 3.63) is 53.6 Å². The second kappa shape index (κ2) is 6.23. The van der Waals surface area contributed by atoms with Crippen molar-refractivity contribution in [2.24, 2.45) is 0 Å². The van der Waals surface area contributed by atoms with Crippen LogP contribution in [0.25, 0.3) is 0 Å². The Bertz CT molecular complexity index is 607. The van der Waals surface area contributed by atoms with E-state index in [0.717, 1.165) is 13.0 Å². The summed E-state index contributed by atoms with van der Waals surface area (Å²) in [6, 6.07) is 8.01. The quantitative estimate of drug-likeness (QED) is 0.881. The molecule has 0 aliphatic rings. The molecule has 0 saturated carbocycles. The Labute approximate surface area is 117 Å². The SMILES string of the molecule is CCCn1cc(N)cc1C(=O)NCc1ccccc1F. The van der Waals surface area contributed by atoms with Crippen LogP contribution in [-0.2, 0) is 13.1 Å². The van der Waals surface area contributed by atoms with E-state index in [2.05, 4.69) is 5.32 Å². The van der Waals surface area contributed by atoms with Crippen LogP contribution in [0.3, 0.4) is 0 Å². The van der Waals surface area contributed by atoms with Gasteiger partial charge in [-0.2, -0.15) is 0 Å². The number of halogens is 1. The first-order valence-electron chi connectivity index (χ1n) is 6.59. The molecule has 0 aliphatic heterocycles. The van der Waals surface area contributed by atoms with Gasteiger partial charge in [0.2, 0.25) is 0 Å². The van der Waals surface area contributed by atoms with Crippen LogP contribution in [0.15, 0.2) is 36.5 Å². The number of benzene rings is 1. The maximum atomic E-state index is 13.5. The fourth-order valence-corrected chi connectivity index (χ4v) is 2.06. The van der Waals surface area contributed by atoms with Crippen molar-refractivity contribution in [3.8, 4) is 0 Å². The second-order valence-electron chi connectivity index (χ2n) is 4.63. The zero-order valence-electron chi connectivity index (χ0n) is 11.4. The third-order valence-electron chi connectivity index (χ3n) is 3.01. The first kappa shape index (κ1) is 14.1. The van der Waals surface area contributed by atoms with Crippen LogP contribution in [0.4, 0.5) is 10.1 Å². The van der Waals surface area contributed by atoms with Crippen molar-refractivity contribution in [1.82, 2.24) is 9.88 Å². The first-order chi connectivity index (χ1) is 9.61. The Morgan fingerprint density at radius 2 is 2.15 bits per heavy atom. The maximum absolute atomic E-state index is 13.5. The van der Waals surface area contributed by atoms with Crippen molar-refractivity contribution < 1.29 is 9.18 Å². The molecule has 0 saturated heterocycles. The highest BCUT2D eigenvalue weighted by Gasteiger charge is 2.12. The summed E-state index contributed by atoms with van der Waals surface area (Å²) < 4.78 is 15.3. The Kier molecular flexibility index (Phi) is 4.40. The largest absolute Gasteiger partial charge is 0.397 e. The minimum absolute atomic E-state index is 0.155. The molecule has 0 atom stereocenters. The number of carbonyl (C=O) groups excluding carboxylic acids is 1. The number of nitrogens with two attached hydrogens (primary N) is 1. The Morgan fingerprint density at radius 3 is 2.85 bits per heavy atom. The summed E-state index contributed by atoms with van der Waals surface area (Å²) in [6.45, 7) is 2.90. The van der Waals surface area contributed by atoms with E-state index < -0.39 is 0 Å². The van der Waals surface area contributed by atoms with E-state index in [1.807, 2.05) is 11.5 Å². The number of nitrogen functional groups attached to an aromatic ring is 1. The zero-order valence-corrected chi connectivity index (χ0v) is 11.4. The molecule has 0 bridgehead atoms. The lowest BCUT2D eigenvalue weighted by Gasteiger charge is -2.09. The van der Waals surface area contributed by atoms with Crippen molar-refractivity contribution in [3.63, 3.8) is 0 Å². The van der Waals surface area contributed by atoms with Gasteiger partial charge in [-0.1, -0.05) is 25.1 Å². The minimum Gasteiger partial charge on any atom is -0.397 e. The average Bonchev–Trinajstić information content (AvgIpc) is 2.79. The van der Waals surface area contributed by atoms with Gasteiger partial charge in [0.05, 0.1) is 5.69 Å². The van der Waals surface area contributed by atoms with Crippen LogP contribution in [0.1, 0.15) is 29.4 Å². The maximum Gasteiger partial charge on any atom is 0.268 e. The van der Waals surface area contributed by atoms with Gasteiger partial charge in [-0.15, -0.1) is 0 Å². The number of nitrogens with one attached hydrogen (secondary N) is 1. The third kappa shape index (κ3) is 3.17. The number of anilines is 1. The lowest BCUT2D eigenvalue weighted by atomic mass is 10.2. The minimum atomic E-state index is -0.323. The van der Waals surface area contributed by atoms with E-state index >= 15 is 0 Å². The van der Waals surface area contributed by atoms with Gasteiger partial charge in [-0.05, 0) is 18.6 Å². The zero-order chi connectivity index (χ0) is 14.5. The summed E-state index contributed by atoms with van der Waals surface area (Å²) in [5.74, 6) is -0.574. The van der Waals surface area contributed by atoms with Crippen LogP contribution < -0.4 is 11.1 Å². The molecule has 1 amide bonds. The van der Waals surface area contributed by atoms with Crippen molar-refractivity contribution >= 4 is 11.6 Å². The van der Waals surface area contributed by atoms with Crippen LogP contribution in [0.5, 0.6) is 0 Å². The predicted molar refractivity (Wildman–Crippen MR) is 76.7 cm³/mol. The predicted octanol–water partition coefficient (Wildman–Crippen LogP) is 2.55. The number of aromatic nitrogens is 1. The Morgan fingerprint density at radius 1 is 1.40 bits per heavy atom. The van der Waals surface area contributed by atoms with Crippen molar-refractivity contribution in [2.75, 3.05) is 5.73 Å². The molecule has 2 aromatic rings. The van der Waals surface area contributed by atoms with Gasteiger partial charge in [0.25, 0.3) is 5.91 Å². The van der Waals surface area contributed by atoms with E-state index in [1.165, 1.54) is 6.07 Å². The van der Waals surface area contributed by atoms with Gasteiger partial charge in [-0.25, -0.2) is 4.39 Å². The number of nitrogens with zero attached hydrogens (tertiary/aromatic N) is 1. The summed E-state index contributed by atoms with van der Waals surface area (Å²) in [4.78, 5) is 12.1. The average molecular weight is 275 g/mol. The molecule has 1 aromatic carbocycles. The van der Waals surface area contributed by atoms with E-state index in [1.54, 1.807) is 30.5 Å². The smallest absolute Gasteiger partial charge is 0.268 e. The first-order valence-corrected chi connectivity index (χ1v) is 6.59. The molecule has 1 heterocycles. The van der Waals surface area contributed by atoms with Crippen LogP contribution in [-0.4, -0.2) is 10.5 Å². The molecule has 3 N–H and O–H groups in total. The molecule has 0 unspecified atom stereocenters. The van der Waals surface area contributed by atoms with Gasteiger partial charge in [0.15, 0.2) is 0 Å². The monoisotopic (exact) mass is 275 g/mol. The molecular formula is C15H18FN3O. The van der Waals surface area contributed by atoms with E-state index in [-0.39, 0.29) is 18.3 Å². The highest BCUT2D eigenvalue weighted by atomic mass is 19.1. The van der Waals surface area contributed by atoms with Gasteiger partial charge in [0.1, 0.15) is 11.5 Å². The fraction of sp³-hybridized carbons (Fsp3) is 0.267. The van der Waals surface area contributed by atoms with E-state index in [0.29, 0.717) is 16.9 Å². The molecule has 2 rings (SSSR count). The Balaban J connectivity index is 2.07. The highest BCUT2D eigenvalue weighted by Crippen LogP contribution is 2.12. The topological polar surface area (TPSA) is 60.0 Å². The molecule has 0 fully saturated rings. The second-order valence-corrected chi connectivity index (χ2v) is 4.63. The summed E-state index contributed by atoms with van der Waals surface area (Å²) in [7, 11) is 0. The number of hydrogen-bond donors (Lipinski definition) is 2. The van der Waals surface area contributed by atoms with Crippen molar-refractivity contribution in [1.29, 1.82) is 0 Å². The van der Waals surface area contributed by atoms with Crippen LogP contribution in [0, 0.1) is 5.82 Å². The fourth-order valence-electron chi connectivity index (χ4n) is 2.06. The number of aryl methyl sites for hydroxylation is 1. The van der Waals surface area contributed by atoms with Gasteiger partial charge >= 0.3 is 0 Å². The van der Waals surface area contributed by atoms with Crippen LogP contribution >= 0.6 is 0 Å². The molecule has 0 aliphatic carbocycles. The third-order valence-corrected chi connectivity index (χ3v) is 3.01. The molecule has 5 heteroatoms. The van der Waals surface area contributed by atoms with E-state index in [4.69, 9.17) is 5.73 Å². The summed E-state index contributed by atoms with van der Waals surface area (Å²) in [6.07, 6.45) is 2.64. The highest BCUT2D eigenvalue weighted by molar-refractivity contribution is 5.93. The normalized spacial score (nSPS) is 10.5. The lowest BCUT2D eigenvalue weighted by molar-refractivity contribution is 0.0941. The van der Waals surface area contributed by atoms with Crippen molar-refractivity contribution in [2.45, 2.75) is 26.4 Å². The summed E-state index contributed by atoms with van der Waals surface area (Å²) in [5, 5.41) is 2.71. The molecule has 0 radical (unpaired) electrons. The number of hydrogen-bond acceptors (Lipinski definition) is 2. The van der Waals surface area contributed by atoms with Gasteiger partial charge < -0.3 is 15.6 Å². The summed E-state index contributed by atoms with van der Waals surface area (Å²) in [5.41, 5.74) is 7.23. The molecule has 0 spiro atoms. The number of carbonyl (C=O) groups is 1. The molecule has 106 valence electrons.